The molecule has 2 atom stereocenters. The second-order valence-electron chi connectivity index (χ2n) is 8.14. The molecular formula is C21H26N4O4S. The minimum Gasteiger partial charge on any atom is -0.342 e. The first-order valence-electron chi connectivity index (χ1n) is 10.2. The molecular weight excluding hydrogens is 404 g/mol. The molecule has 2 aliphatic heterocycles. The molecule has 1 aromatic carbocycles. The lowest BCUT2D eigenvalue weighted by atomic mass is 10.1. The molecule has 0 aliphatic carbocycles. The molecule has 0 bridgehead atoms. The van der Waals surface area contributed by atoms with Crippen molar-refractivity contribution in [3.63, 3.8) is 0 Å². The fourth-order valence-corrected chi connectivity index (χ4v) is 5.85. The van der Waals surface area contributed by atoms with Gasteiger partial charge in [0, 0.05) is 25.6 Å². The molecule has 9 heteroatoms. The number of nitrogens with zero attached hydrogens (tertiary/aromatic N) is 3. The van der Waals surface area contributed by atoms with Crippen LogP contribution < -0.4 is 5.32 Å². The van der Waals surface area contributed by atoms with Crippen molar-refractivity contribution in [3.05, 3.63) is 47.7 Å². The van der Waals surface area contributed by atoms with E-state index in [1.165, 1.54) is 0 Å². The molecule has 1 aromatic heterocycles. The predicted molar refractivity (Wildman–Crippen MR) is 113 cm³/mol. The number of benzene rings is 1. The molecule has 2 fully saturated rings. The summed E-state index contributed by atoms with van der Waals surface area (Å²) in [6.07, 6.45) is 1.43. The Kier molecular flexibility index (Phi) is 5.64. The molecule has 3 heterocycles. The fourth-order valence-electron chi connectivity index (χ4n) is 4.16. The zero-order valence-electron chi connectivity index (χ0n) is 17.0. The second-order valence-corrected chi connectivity index (χ2v) is 10.4. The summed E-state index contributed by atoms with van der Waals surface area (Å²) >= 11 is 0. The maximum atomic E-state index is 12.8. The van der Waals surface area contributed by atoms with Gasteiger partial charge in [-0.3, -0.25) is 9.59 Å². The van der Waals surface area contributed by atoms with Crippen LogP contribution in [0.1, 0.15) is 30.1 Å². The van der Waals surface area contributed by atoms with Gasteiger partial charge in [-0.2, -0.15) is 5.10 Å². The van der Waals surface area contributed by atoms with E-state index in [1.807, 2.05) is 30.3 Å². The number of anilines is 1. The molecule has 2 unspecified atom stereocenters. The highest BCUT2D eigenvalue weighted by molar-refractivity contribution is 7.91. The quantitative estimate of drug-likeness (QED) is 0.750. The predicted octanol–water partition coefficient (Wildman–Crippen LogP) is 1.58. The normalized spacial score (nSPS) is 23.1. The van der Waals surface area contributed by atoms with Crippen molar-refractivity contribution >= 4 is 27.5 Å². The average Bonchev–Trinajstić information content (AvgIpc) is 3.37. The summed E-state index contributed by atoms with van der Waals surface area (Å²) in [5.41, 5.74) is 1.87. The fraction of sp³-hybridized carbons (Fsp3) is 0.476. The number of aromatic nitrogens is 2. The summed E-state index contributed by atoms with van der Waals surface area (Å²) in [4.78, 5) is 27.0. The minimum absolute atomic E-state index is 0.0161. The highest BCUT2D eigenvalue weighted by Crippen LogP contribution is 2.28. The zero-order chi connectivity index (χ0) is 21.3. The number of rotatable bonds is 6. The number of likely N-dealkylation sites (tertiary alicyclic amines) is 1. The van der Waals surface area contributed by atoms with Gasteiger partial charge in [0.25, 0.3) is 0 Å². The lowest BCUT2D eigenvalue weighted by Crippen LogP contribution is -2.30. The topological polar surface area (TPSA) is 101 Å². The standard InChI is InChI=1S/C21H26N4O4S/c1-15-11-19(25(23-15)18-8-10-30(28,29)14-18)22-21(27)17-12-20(26)24(13-17)9-7-16-5-3-2-4-6-16/h2-6,11,17-18H,7-10,12-14H2,1H3,(H,22,27). The number of carbonyl (C=O) groups is 2. The van der Waals surface area contributed by atoms with E-state index in [0.29, 0.717) is 31.0 Å². The summed E-state index contributed by atoms with van der Waals surface area (Å²) in [6, 6.07) is 11.4. The van der Waals surface area contributed by atoms with Crippen LogP contribution in [-0.2, 0) is 25.8 Å². The van der Waals surface area contributed by atoms with Crippen LogP contribution in [0.3, 0.4) is 0 Å². The molecule has 0 saturated carbocycles. The van der Waals surface area contributed by atoms with E-state index in [-0.39, 0.29) is 35.8 Å². The highest BCUT2D eigenvalue weighted by Gasteiger charge is 2.35. The van der Waals surface area contributed by atoms with Gasteiger partial charge >= 0.3 is 0 Å². The van der Waals surface area contributed by atoms with Crippen LogP contribution in [-0.4, -0.2) is 59.5 Å². The summed E-state index contributed by atoms with van der Waals surface area (Å²) in [6.45, 7) is 2.78. The minimum atomic E-state index is -3.06. The maximum Gasteiger partial charge on any atom is 0.230 e. The Hall–Kier alpha value is -2.68. The van der Waals surface area contributed by atoms with Gasteiger partial charge in [-0.15, -0.1) is 0 Å². The van der Waals surface area contributed by atoms with E-state index in [4.69, 9.17) is 0 Å². The summed E-state index contributed by atoms with van der Waals surface area (Å²) < 4.78 is 25.3. The largest absolute Gasteiger partial charge is 0.342 e. The maximum absolute atomic E-state index is 12.8. The summed E-state index contributed by atoms with van der Waals surface area (Å²) in [5.74, 6) is -0.00636. The Labute approximate surface area is 176 Å². The van der Waals surface area contributed by atoms with Gasteiger partial charge in [-0.25, -0.2) is 13.1 Å². The molecule has 1 N–H and O–H groups in total. The van der Waals surface area contributed by atoms with Gasteiger partial charge in [0.15, 0.2) is 9.84 Å². The van der Waals surface area contributed by atoms with Crippen LogP contribution in [0.15, 0.2) is 36.4 Å². The van der Waals surface area contributed by atoms with Crippen LogP contribution in [0, 0.1) is 12.8 Å². The molecule has 2 aliphatic rings. The number of sulfone groups is 1. The van der Waals surface area contributed by atoms with Gasteiger partial charge in [0.05, 0.1) is 29.2 Å². The third-order valence-electron chi connectivity index (χ3n) is 5.76. The molecule has 8 nitrogen and oxygen atoms in total. The number of carbonyl (C=O) groups excluding carboxylic acids is 2. The van der Waals surface area contributed by atoms with Gasteiger partial charge in [-0.1, -0.05) is 30.3 Å². The van der Waals surface area contributed by atoms with Crippen molar-refractivity contribution in [1.29, 1.82) is 0 Å². The summed E-state index contributed by atoms with van der Waals surface area (Å²) in [5, 5.41) is 7.27. The molecule has 0 radical (unpaired) electrons. The Morgan fingerprint density at radius 2 is 2.03 bits per heavy atom. The molecule has 4 rings (SSSR count). The van der Waals surface area contributed by atoms with Crippen molar-refractivity contribution in [2.24, 2.45) is 5.92 Å². The van der Waals surface area contributed by atoms with E-state index < -0.39 is 15.8 Å². The molecule has 160 valence electrons. The third-order valence-corrected chi connectivity index (χ3v) is 7.51. The van der Waals surface area contributed by atoms with Crippen molar-refractivity contribution in [1.82, 2.24) is 14.7 Å². The van der Waals surface area contributed by atoms with E-state index >= 15 is 0 Å². The first kappa shape index (κ1) is 20.6. The first-order chi connectivity index (χ1) is 14.3. The van der Waals surface area contributed by atoms with E-state index in [2.05, 4.69) is 10.4 Å². The van der Waals surface area contributed by atoms with Gasteiger partial charge in [0.2, 0.25) is 11.8 Å². The van der Waals surface area contributed by atoms with Gasteiger partial charge in [0.1, 0.15) is 5.82 Å². The molecule has 2 aromatic rings. The molecule has 0 spiro atoms. The lowest BCUT2D eigenvalue weighted by molar-refractivity contribution is -0.128. The molecule has 2 saturated heterocycles. The zero-order valence-corrected chi connectivity index (χ0v) is 17.8. The van der Waals surface area contributed by atoms with Gasteiger partial charge in [-0.05, 0) is 25.3 Å². The highest BCUT2D eigenvalue weighted by atomic mass is 32.2. The first-order valence-corrected chi connectivity index (χ1v) is 12.0. The third kappa shape index (κ3) is 4.56. The Bertz CT molecular complexity index is 1050. The van der Waals surface area contributed by atoms with Crippen LogP contribution >= 0.6 is 0 Å². The number of aryl methyl sites for hydroxylation is 1. The lowest BCUT2D eigenvalue weighted by Gasteiger charge is -2.17. The van der Waals surface area contributed by atoms with Crippen molar-refractivity contribution in [2.45, 2.75) is 32.2 Å². The van der Waals surface area contributed by atoms with E-state index in [9.17, 15) is 18.0 Å². The van der Waals surface area contributed by atoms with Crippen molar-refractivity contribution < 1.29 is 18.0 Å². The number of hydrogen-bond acceptors (Lipinski definition) is 5. The second kappa shape index (κ2) is 8.22. The Balaban J connectivity index is 1.38. The van der Waals surface area contributed by atoms with Crippen LogP contribution in [0.5, 0.6) is 0 Å². The molecule has 30 heavy (non-hydrogen) atoms. The smallest absolute Gasteiger partial charge is 0.230 e. The molecule has 2 amide bonds. The van der Waals surface area contributed by atoms with Crippen LogP contribution in [0.2, 0.25) is 0 Å². The van der Waals surface area contributed by atoms with Crippen molar-refractivity contribution in [3.8, 4) is 0 Å². The summed E-state index contributed by atoms with van der Waals surface area (Å²) in [7, 11) is -3.06. The monoisotopic (exact) mass is 430 g/mol. The van der Waals surface area contributed by atoms with Crippen LogP contribution in [0.25, 0.3) is 0 Å². The number of amides is 2. The SMILES string of the molecule is Cc1cc(NC(=O)C2CC(=O)N(CCc3ccccc3)C2)n(C2CCS(=O)(=O)C2)n1. The van der Waals surface area contributed by atoms with Crippen molar-refractivity contribution in [2.75, 3.05) is 29.9 Å². The van der Waals surface area contributed by atoms with Gasteiger partial charge < -0.3 is 10.2 Å². The number of hydrogen-bond donors (Lipinski definition) is 1. The average molecular weight is 431 g/mol. The van der Waals surface area contributed by atoms with Crippen LogP contribution in [0.4, 0.5) is 5.82 Å². The number of nitrogens with one attached hydrogen (secondary N) is 1. The Morgan fingerprint density at radius 3 is 2.73 bits per heavy atom. The van der Waals surface area contributed by atoms with E-state index in [1.54, 1.807) is 22.6 Å². The van der Waals surface area contributed by atoms with E-state index in [0.717, 1.165) is 12.0 Å². The Morgan fingerprint density at radius 1 is 1.27 bits per heavy atom.